The van der Waals surface area contributed by atoms with Crippen molar-refractivity contribution in [3.8, 4) is 11.5 Å². The lowest BCUT2D eigenvalue weighted by molar-refractivity contribution is 0.0518. The Morgan fingerprint density at radius 3 is 2.57 bits per heavy atom. The van der Waals surface area contributed by atoms with Crippen LogP contribution < -0.4 is 5.43 Å². The third kappa shape index (κ3) is 4.53. The van der Waals surface area contributed by atoms with Crippen LogP contribution in [0.25, 0.3) is 11.5 Å². The molecule has 1 amide bonds. The quantitative estimate of drug-likeness (QED) is 0.575. The average molecular weight is 417 g/mol. The lowest BCUT2D eigenvalue weighted by Crippen LogP contribution is -2.25. The Bertz CT molecular complexity index is 1050. The number of carbonyl (C=O) groups is 2. The molecule has 3 rings (SSSR count). The summed E-state index contributed by atoms with van der Waals surface area (Å²) in [6.45, 7) is 5.93. The molecule has 0 saturated carbocycles. The smallest absolute Gasteiger partial charge is 0.358 e. The third-order valence-electron chi connectivity index (χ3n) is 4.10. The monoisotopic (exact) mass is 417 g/mol. The van der Waals surface area contributed by atoms with E-state index in [0.717, 1.165) is 16.9 Å². The van der Waals surface area contributed by atoms with E-state index in [1.165, 1.54) is 18.3 Å². The minimum atomic E-state index is -0.993. The zero-order chi connectivity index (χ0) is 21.8. The zero-order valence-electron chi connectivity index (χ0n) is 16.7. The van der Waals surface area contributed by atoms with Crippen LogP contribution in [-0.4, -0.2) is 38.3 Å². The molecule has 2 heterocycles. The van der Waals surface area contributed by atoms with Gasteiger partial charge in [0.25, 0.3) is 5.91 Å². The lowest BCUT2D eigenvalue weighted by Gasteiger charge is -2.06. The fourth-order valence-electron chi connectivity index (χ4n) is 2.84. The van der Waals surface area contributed by atoms with E-state index in [2.05, 4.69) is 20.5 Å². The van der Waals surface area contributed by atoms with Gasteiger partial charge in [-0.15, -0.1) is 5.10 Å². The van der Waals surface area contributed by atoms with Gasteiger partial charge in [0.05, 0.1) is 12.3 Å². The molecule has 0 aliphatic heterocycles. The number of H-pyrrole nitrogens is 1. The Hall–Kier alpha value is -3.56. The number of rotatable bonds is 7. The summed E-state index contributed by atoms with van der Waals surface area (Å²) < 4.78 is 32.6. The molecule has 3 aromatic rings. The maximum absolute atomic E-state index is 13.8. The molecule has 0 spiro atoms. The highest BCUT2D eigenvalue weighted by Gasteiger charge is 2.22. The van der Waals surface area contributed by atoms with Crippen LogP contribution >= 0.6 is 0 Å². The van der Waals surface area contributed by atoms with Crippen LogP contribution in [0.5, 0.6) is 0 Å². The molecular weight excluding hydrogens is 396 g/mol. The number of ether oxygens (including phenoxy) is 1. The van der Waals surface area contributed by atoms with Gasteiger partial charge in [0, 0.05) is 6.20 Å². The molecule has 0 radical (unpaired) electrons. The molecule has 0 fully saturated rings. The second-order valence-electron chi connectivity index (χ2n) is 6.91. The predicted octanol–water partition coefficient (Wildman–Crippen LogP) is 3.31. The molecule has 2 N–H and O–H groups in total. The van der Waals surface area contributed by atoms with Gasteiger partial charge in [0.2, 0.25) is 0 Å². The molecule has 8 nitrogen and oxygen atoms in total. The second kappa shape index (κ2) is 8.85. The molecule has 158 valence electrons. The van der Waals surface area contributed by atoms with Gasteiger partial charge in [0.1, 0.15) is 22.9 Å². The highest BCUT2D eigenvalue weighted by Crippen LogP contribution is 2.20. The van der Waals surface area contributed by atoms with Gasteiger partial charge in [-0.05, 0) is 37.5 Å². The van der Waals surface area contributed by atoms with Crippen LogP contribution in [0.4, 0.5) is 8.78 Å². The number of aromatic nitrogens is 4. The van der Waals surface area contributed by atoms with Crippen molar-refractivity contribution in [1.29, 1.82) is 0 Å². The van der Waals surface area contributed by atoms with E-state index in [-0.39, 0.29) is 18.2 Å². The Labute approximate surface area is 171 Å². The highest BCUT2D eigenvalue weighted by atomic mass is 19.1. The van der Waals surface area contributed by atoms with E-state index < -0.39 is 29.1 Å². The van der Waals surface area contributed by atoms with Crippen LogP contribution in [0.3, 0.4) is 0 Å². The van der Waals surface area contributed by atoms with Gasteiger partial charge in [-0.1, -0.05) is 19.9 Å². The maximum atomic E-state index is 13.8. The van der Waals surface area contributed by atoms with Gasteiger partial charge in [-0.2, -0.15) is 4.79 Å². The summed E-state index contributed by atoms with van der Waals surface area (Å²) in [5.74, 6) is -2.93. The minimum Gasteiger partial charge on any atom is -0.461 e. The first kappa shape index (κ1) is 21.2. The number of amides is 1. The summed E-state index contributed by atoms with van der Waals surface area (Å²) in [6, 6.07) is 4.68. The zero-order valence-corrected chi connectivity index (χ0v) is 16.7. The Balaban J connectivity index is 1.85. The molecular formula is C20H21F2N5O3. The van der Waals surface area contributed by atoms with Crippen LogP contribution in [-0.2, 0) is 11.2 Å². The SMILES string of the molecule is CCOC(=O)c1nc(-c2ccn(NC(=O)c3c(F)cccc3F)n2)[nH]c1CC(C)C. The molecule has 0 aliphatic rings. The number of aromatic amines is 1. The van der Waals surface area contributed by atoms with Gasteiger partial charge in [-0.25, -0.2) is 24.0 Å². The Kier molecular flexibility index (Phi) is 6.24. The Morgan fingerprint density at radius 1 is 1.23 bits per heavy atom. The fourth-order valence-corrected chi connectivity index (χ4v) is 2.84. The second-order valence-corrected chi connectivity index (χ2v) is 6.91. The molecule has 0 unspecified atom stereocenters. The van der Waals surface area contributed by atoms with Crippen molar-refractivity contribution in [2.75, 3.05) is 12.0 Å². The number of imidazole rings is 1. The number of esters is 1. The Morgan fingerprint density at radius 2 is 1.93 bits per heavy atom. The van der Waals surface area contributed by atoms with E-state index in [0.29, 0.717) is 23.6 Å². The predicted molar refractivity (Wildman–Crippen MR) is 104 cm³/mol. The normalized spacial score (nSPS) is 11.0. The van der Waals surface area contributed by atoms with Gasteiger partial charge < -0.3 is 9.72 Å². The van der Waals surface area contributed by atoms with Crippen molar-refractivity contribution < 1.29 is 23.1 Å². The van der Waals surface area contributed by atoms with Gasteiger partial charge in [0.15, 0.2) is 11.5 Å². The number of hydrogen-bond donors (Lipinski definition) is 2. The number of halogens is 2. The number of carbonyl (C=O) groups excluding carboxylic acids is 2. The average Bonchev–Trinajstić information content (AvgIpc) is 3.28. The summed E-state index contributed by atoms with van der Waals surface area (Å²) >= 11 is 0. The largest absolute Gasteiger partial charge is 0.461 e. The topological polar surface area (TPSA) is 102 Å². The molecule has 0 atom stereocenters. The van der Waals surface area contributed by atoms with Crippen LogP contribution in [0.15, 0.2) is 30.5 Å². The minimum absolute atomic E-state index is 0.174. The summed E-state index contributed by atoms with van der Waals surface area (Å²) in [5, 5.41) is 4.14. The van der Waals surface area contributed by atoms with Crippen molar-refractivity contribution in [2.45, 2.75) is 27.2 Å². The first-order valence-electron chi connectivity index (χ1n) is 9.37. The van der Waals surface area contributed by atoms with Crippen molar-refractivity contribution in [3.63, 3.8) is 0 Å². The van der Waals surface area contributed by atoms with Crippen LogP contribution in [0.2, 0.25) is 0 Å². The summed E-state index contributed by atoms with van der Waals surface area (Å²) in [7, 11) is 0. The van der Waals surface area contributed by atoms with E-state index in [9.17, 15) is 18.4 Å². The molecule has 1 aromatic carbocycles. The molecule has 2 aromatic heterocycles. The van der Waals surface area contributed by atoms with Gasteiger partial charge >= 0.3 is 5.97 Å². The van der Waals surface area contributed by atoms with E-state index in [1.807, 2.05) is 13.8 Å². The van der Waals surface area contributed by atoms with Crippen molar-refractivity contribution in [2.24, 2.45) is 5.92 Å². The number of hydrogen-bond acceptors (Lipinski definition) is 5. The molecule has 30 heavy (non-hydrogen) atoms. The van der Waals surface area contributed by atoms with Crippen molar-refractivity contribution >= 4 is 11.9 Å². The molecule has 0 saturated heterocycles. The summed E-state index contributed by atoms with van der Waals surface area (Å²) in [6.07, 6.45) is 1.96. The van der Waals surface area contributed by atoms with Gasteiger partial charge in [-0.3, -0.25) is 4.79 Å². The van der Waals surface area contributed by atoms with Crippen LogP contribution in [0.1, 0.15) is 47.3 Å². The number of nitrogens with one attached hydrogen (secondary N) is 2. The maximum Gasteiger partial charge on any atom is 0.358 e. The van der Waals surface area contributed by atoms with E-state index in [4.69, 9.17) is 4.74 Å². The summed E-state index contributed by atoms with van der Waals surface area (Å²) in [5.41, 5.74) is 2.68. The number of nitrogens with zero attached hydrogens (tertiary/aromatic N) is 3. The lowest BCUT2D eigenvalue weighted by atomic mass is 10.1. The van der Waals surface area contributed by atoms with E-state index in [1.54, 1.807) is 6.92 Å². The third-order valence-corrected chi connectivity index (χ3v) is 4.10. The highest BCUT2D eigenvalue weighted by molar-refractivity contribution is 6.00. The van der Waals surface area contributed by atoms with Crippen molar-refractivity contribution in [3.05, 3.63) is 59.0 Å². The molecule has 0 bridgehead atoms. The summed E-state index contributed by atoms with van der Waals surface area (Å²) in [4.78, 5) is 32.8. The fraction of sp³-hybridized carbons (Fsp3) is 0.300. The molecule has 0 aliphatic carbocycles. The van der Waals surface area contributed by atoms with Crippen molar-refractivity contribution in [1.82, 2.24) is 19.9 Å². The molecule has 10 heteroatoms. The standard InChI is InChI=1S/C20H21F2N5O3/c1-4-30-20(29)17-15(10-11(2)3)23-18(24-17)14-8-9-27(25-14)26-19(28)16-12(21)6-5-7-13(16)22/h5-9,11H,4,10H2,1-3H3,(H,23,24)(H,26,28). The first-order chi connectivity index (χ1) is 14.3. The van der Waals surface area contributed by atoms with Crippen LogP contribution in [0, 0.1) is 17.6 Å². The first-order valence-corrected chi connectivity index (χ1v) is 9.37. The number of benzene rings is 1. The van der Waals surface area contributed by atoms with E-state index >= 15 is 0 Å².